The molecule has 11 heteroatoms. The fourth-order valence-electron chi connectivity index (χ4n) is 7.62. The number of nitrogens with zero attached hydrogens (tertiary/aromatic N) is 2. The number of amides is 2. The Hall–Kier alpha value is -1.98. The number of piperazine rings is 1. The third-order valence-corrected chi connectivity index (χ3v) is 12.7. The molecule has 9 nitrogen and oxygen atoms in total. The van der Waals surface area contributed by atoms with Crippen LogP contribution in [0.3, 0.4) is 0 Å². The molecule has 2 spiro atoms. The quantitative estimate of drug-likeness (QED) is 0.233. The standard InChI is InChI=1S/C25H26N2O7S2/c1-3-4-17(29)33-16-6-12-9-25-22(30)26-18-11(5-15(32-10(2)28)13-7-14(13)18)8-24(26,35-36-25)23(31)27(25)19(12)21-20(16)34-21/h5-6,13-16,18-21H,3-4,7-9H2,1-2H3. The second-order valence-electron chi connectivity index (χ2n) is 11.2. The number of rotatable bonds is 4. The van der Waals surface area contributed by atoms with Crippen molar-refractivity contribution >= 4 is 45.3 Å². The molecule has 6 heterocycles. The van der Waals surface area contributed by atoms with E-state index in [9.17, 15) is 19.2 Å². The lowest BCUT2D eigenvalue weighted by Crippen LogP contribution is -2.76. The molecule has 2 bridgehead atoms. The Balaban J connectivity index is 1.15. The van der Waals surface area contributed by atoms with E-state index in [1.165, 1.54) is 28.5 Å². The first-order valence-electron chi connectivity index (χ1n) is 12.8. The van der Waals surface area contributed by atoms with Gasteiger partial charge in [-0.05, 0) is 42.1 Å². The predicted molar refractivity (Wildman–Crippen MR) is 128 cm³/mol. The van der Waals surface area contributed by atoms with Crippen molar-refractivity contribution in [2.24, 2.45) is 11.8 Å². The first-order valence-corrected chi connectivity index (χ1v) is 14.9. The van der Waals surface area contributed by atoms with Crippen molar-refractivity contribution in [1.82, 2.24) is 9.80 Å². The Morgan fingerprint density at radius 1 is 0.972 bits per heavy atom. The molecule has 0 radical (unpaired) electrons. The predicted octanol–water partition coefficient (Wildman–Crippen LogP) is 1.92. The van der Waals surface area contributed by atoms with E-state index < -0.39 is 15.8 Å². The maximum atomic E-state index is 14.3. The third-order valence-electron chi connectivity index (χ3n) is 9.10. The number of hydrogen-bond acceptors (Lipinski definition) is 9. The van der Waals surface area contributed by atoms with Crippen LogP contribution in [0.2, 0.25) is 0 Å². The Bertz CT molecular complexity index is 1220. The highest BCUT2D eigenvalue weighted by Gasteiger charge is 2.80. The van der Waals surface area contributed by atoms with Crippen molar-refractivity contribution in [1.29, 1.82) is 0 Å². The van der Waals surface area contributed by atoms with Gasteiger partial charge in [-0.2, -0.15) is 0 Å². The van der Waals surface area contributed by atoms with Crippen molar-refractivity contribution in [2.45, 2.75) is 92.2 Å². The topological polar surface area (TPSA) is 106 Å². The van der Waals surface area contributed by atoms with E-state index in [1.807, 2.05) is 28.9 Å². The highest BCUT2D eigenvalue weighted by atomic mass is 33.1. The fraction of sp³-hybridized carbons (Fsp3) is 0.680. The number of carbonyl (C=O) groups is 4. The molecular formula is C25H26N2O7S2. The fourth-order valence-corrected chi connectivity index (χ4v) is 11.3. The minimum absolute atomic E-state index is 0.00265. The zero-order valence-corrected chi connectivity index (χ0v) is 21.5. The summed E-state index contributed by atoms with van der Waals surface area (Å²) in [6.07, 6.45) is 5.55. The van der Waals surface area contributed by atoms with Crippen LogP contribution >= 0.6 is 21.6 Å². The van der Waals surface area contributed by atoms with Crippen molar-refractivity contribution in [2.75, 3.05) is 0 Å². The van der Waals surface area contributed by atoms with Crippen LogP contribution in [0.1, 0.15) is 46.0 Å². The number of hydrogen-bond donors (Lipinski definition) is 0. The van der Waals surface area contributed by atoms with Crippen LogP contribution < -0.4 is 0 Å². The minimum Gasteiger partial charge on any atom is -0.458 e. The molecule has 36 heavy (non-hydrogen) atoms. The minimum atomic E-state index is -0.995. The molecule has 0 N–H and O–H groups in total. The Morgan fingerprint density at radius 2 is 1.61 bits per heavy atom. The summed E-state index contributed by atoms with van der Waals surface area (Å²) in [4.78, 5) is 54.2. The lowest BCUT2D eigenvalue weighted by molar-refractivity contribution is -0.166. The summed E-state index contributed by atoms with van der Waals surface area (Å²) in [6.45, 7) is 3.35. The first-order chi connectivity index (χ1) is 17.3. The van der Waals surface area contributed by atoms with E-state index in [1.54, 1.807) is 0 Å². The maximum Gasteiger partial charge on any atom is 0.306 e. The molecular weight excluding hydrogens is 504 g/mol. The Morgan fingerprint density at radius 3 is 2.28 bits per heavy atom. The van der Waals surface area contributed by atoms with Gasteiger partial charge in [0, 0.05) is 32.1 Å². The molecule has 6 saturated heterocycles. The molecule has 9 aliphatic rings. The van der Waals surface area contributed by atoms with Gasteiger partial charge in [0.05, 0.1) is 12.1 Å². The summed E-state index contributed by atoms with van der Waals surface area (Å²) < 4.78 is 17.2. The average Bonchev–Trinajstić information content (AvgIpc) is 3.73. The van der Waals surface area contributed by atoms with Crippen molar-refractivity contribution in [3.05, 3.63) is 23.3 Å². The molecule has 10 atom stereocenters. The van der Waals surface area contributed by atoms with Gasteiger partial charge in [0.2, 0.25) is 0 Å². The summed E-state index contributed by atoms with van der Waals surface area (Å²) in [6, 6.07) is -0.394. The Kier molecular flexibility index (Phi) is 4.23. The third kappa shape index (κ3) is 2.55. The smallest absolute Gasteiger partial charge is 0.306 e. The second-order valence-corrected chi connectivity index (χ2v) is 13.9. The van der Waals surface area contributed by atoms with E-state index in [0.29, 0.717) is 25.7 Å². The molecule has 2 amide bonds. The van der Waals surface area contributed by atoms with Gasteiger partial charge < -0.3 is 24.0 Å². The zero-order valence-electron chi connectivity index (χ0n) is 19.9. The molecule has 10 unspecified atom stereocenters. The van der Waals surface area contributed by atoms with Crippen molar-refractivity contribution in [3.63, 3.8) is 0 Å². The van der Waals surface area contributed by atoms with Crippen LogP contribution in [0.4, 0.5) is 0 Å². The molecule has 7 fully saturated rings. The van der Waals surface area contributed by atoms with Gasteiger partial charge in [0.15, 0.2) is 9.74 Å². The summed E-state index contributed by atoms with van der Waals surface area (Å²) in [5.41, 5.74) is 2.02. The zero-order chi connectivity index (χ0) is 24.7. The summed E-state index contributed by atoms with van der Waals surface area (Å²) in [5, 5.41) is 0. The van der Waals surface area contributed by atoms with Gasteiger partial charge in [-0.15, -0.1) is 0 Å². The molecule has 0 aromatic carbocycles. The molecule has 9 rings (SSSR count). The number of epoxide rings is 1. The van der Waals surface area contributed by atoms with Gasteiger partial charge in [-0.3, -0.25) is 19.2 Å². The molecule has 0 aromatic heterocycles. The van der Waals surface area contributed by atoms with E-state index in [2.05, 4.69) is 0 Å². The highest BCUT2D eigenvalue weighted by Crippen LogP contribution is 2.72. The normalized spacial score (nSPS) is 48.1. The molecule has 1 saturated carbocycles. The van der Waals surface area contributed by atoms with Gasteiger partial charge in [-0.25, -0.2) is 0 Å². The lowest BCUT2D eigenvalue weighted by Gasteiger charge is -2.58. The van der Waals surface area contributed by atoms with Crippen LogP contribution in [-0.4, -0.2) is 79.8 Å². The van der Waals surface area contributed by atoms with Gasteiger partial charge in [-0.1, -0.05) is 28.5 Å². The SMILES string of the molecule is CCCC(=O)OC1C=C2CC34SSC5(CC6=CC(OC(C)=O)C7CC7C6N5C3=O)C(=O)N4C2C2OC12. The maximum absolute atomic E-state index is 14.3. The van der Waals surface area contributed by atoms with E-state index in [-0.39, 0.29) is 66.0 Å². The lowest BCUT2D eigenvalue weighted by atomic mass is 9.91. The summed E-state index contributed by atoms with van der Waals surface area (Å²) >= 11 is 0. The number of ether oxygens (including phenoxy) is 3. The van der Waals surface area contributed by atoms with Gasteiger partial charge in [0.1, 0.15) is 24.4 Å². The van der Waals surface area contributed by atoms with Crippen molar-refractivity contribution < 1.29 is 33.4 Å². The first kappa shape index (κ1) is 22.0. The number of carbonyl (C=O) groups excluding carboxylic acids is 4. The van der Waals surface area contributed by atoms with E-state index >= 15 is 0 Å². The van der Waals surface area contributed by atoms with Crippen molar-refractivity contribution in [3.8, 4) is 0 Å². The molecule has 3 aliphatic carbocycles. The van der Waals surface area contributed by atoms with Gasteiger partial charge in [0.25, 0.3) is 11.8 Å². The Labute approximate surface area is 215 Å². The van der Waals surface area contributed by atoms with E-state index in [0.717, 1.165) is 17.6 Å². The van der Waals surface area contributed by atoms with Crippen LogP contribution in [0.15, 0.2) is 23.3 Å². The van der Waals surface area contributed by atoms with Crippen LogP contribution in [0.5, 0.6) is 0 Å². The van der Waals surface area contributed by atoms with Gasteiger partial charge >= 0.3 is 11.9 Å². The number of fused-ring (bicyclic) bond motifs is 7. The van der Waals surface area contributed by atoms with E-state index in [4.69, 9.17) is 14.2 Å². The van der Waals surface area contributed by atoms with Crippen LogP contribution in [0.25, 0.3) is 0 Å². The highest BCUT2D eigenvalue weighted by molar-refractivity contribution is 8.78. The summed E-state index contributed by atoms with van der Waals surface area (Å²) in [7, 11) is 3.02. The second kappa shape index (κ2) is 6.91. The number of esters is 2. The molecule has 0 aromatic rings. The van der Waals surface area contributed by atoms with Crippen LogP contribution in [-0.2, 0) is 33.4 Å². The average molecular weight is 531 g/mol. The largest absolute Gasteiger partial charge is 0.458 e. The molecule has 6 aliphatic heterocycles. The van der Waals surface area contributed by atoms with Crippen LogP contribution in [0, 0.1) is 11.8 Å². The summed E-state index contributed by atoms with van der Waals surface area (Å²) in [5.74, 6) is -0.140. The monoisotopic (exact) mass is 530 g/mol. The molecule has 190 valence electrons.